The monoisotopic (exact) mass is 461 g/mol. The molecule has 1 aromatic carbocycles. The van der Waals surface area contributed by atoms with E-state index < -0.39 is 0 Å². The molecule has 0 bridgehead atoms. The van der Waals surface area contributed by atoms with E-state index in [1.165, 1.54) is 23.1 Å². The summed E-state index contributed by atoms with van der Waals surface area (Å²) in [7, 11) is 1.62. The summed E-state index contributed by atoms with van der Waals surface area (Å²) in [5.74, 6) is 1.11. The van der Waals surface area contributed by atoms with E-state index in [2.05, 4.69) is 20.5 Å². The Balaban J connectivity index is 1.58. The summed E-state index contributed by atoms with van der Waals surface area (Å²) in [4.78, 5) is 28.1. The maximum absolute atomic E-state index is 12.3. The Morgan fingerprint density at radius 3 is 2.65 bits per heavy atom. The van der Waals surface area contributed by atoms with E-state index in [1.54, 1.807) is 19.4 Å². The minimum atomic E-state index is -0.340. The molecule has 2 heterocycles. The van der Waals surface area contributed by atoms with Crippen LogP contribution in [0.1, 0.15) is 19.5 Å². The van der Waals surface area contributed by atoms with Crippen LogP contribution in [0.2, 0.25) is 0 Å². The van der Waals surface area contributed by atoms with Crippen molar-refractivity contribution in [2.75, 3.05) is 24.8 Å². The van der Waals surface area contributed by atoms with Gasteiger partial charge in [0.15, 0.2) is 16.1 Å². The fourth-order valence-corrected chi connectivity index (χ4v) is 4.25. The molecule has 0 aliphatic carbocycles. The van der Waals surface area contributed by atoms with Gasteiger partial charge in [0.2, 0.25) is 5.91 Å². The van der Waals surface area contributed by atoms with Crippen LogP contribution in [0.5, 0.6) is 5.75 Å². The van der Waals surface area contributed by atoms with Gasteiger partial charge in [0.1, 0.15) is 5.75 Å². The number of methoxy groups -OCH3 is 1. The van der Waals surface area contributed by atoms with Crippen LogP contribution >= 0.6 is 23.1 Å². The Labute approximate surface area is 188 Å². The average Bonchev–Trinajstić information content (AvgIpc) is 3.38. The standard InChI is InChI=1S/C20H23N5O4S2/c1-4-25-18(13-6-8-15(28-3)9-7-13)23-24-20(25)31-12-16(26)22-19-21-14(11-30-19)10-17(27)29-5-2/h6-9,11H,4-5,10,12H2,1-3H3,(H,21,22,26). The highest BCUT2D eigenvalue weighted by molar-refractivity contribution is 7.99. The van der Waals surface area contributed by atoms with Gasteiger partial charge in [0.05, 0.1) is 31.6 Å². The van der Waals surface area contributed by atoms with Gasteiger partial charge in [-0.15, -0.1) is 21.5 Å². The Hall–Kier alpha value is -2.92. The highest BCUT2D eigenvalue weighted by Gasteiger charge is 2.16. The molecule has 0 aliphatic heterocycles. The highest BCUT2D eigenvalue weighted by atomic mass is 32.2. The molecule has 0 saturated heterocycles. The molecule has 1 N–H and O–H groups in total. The Bertz CT molecular complexity index is 1030. The Morgan fingerprint density at radius 2 is 1.97 bits per heavy atom. The van der Waals surface area contributed by atoms with E-state index in [4.69, 9.17) is 9.47 Å². The van der Waals surface area contributed by atoms with Crippen molar-refractivity contribution < 1.29 is 19.1 Å². The first-order chi connectivity index (χ1) is 15.0. The molecule has 31 heavy (non-hydrogen) atoms. The number of esters is 1. The first-order valence-electron chi connectivity index (χ1n) is 9.64. The van der Waals surface area contributed by atoms with Crippen molar-refractivity contribution in [2.45, 2.75) is 32.0 Å². The van der Waals surface area contributed by atoms with Crippen LogP contribution in [-0.2, 0) is 27.3 Å². The van der Waals surface area contributed by atoms with Crippen molar-refractivity contribution in [1.82, 2.24) is 19.7 Å². The van der Waals surface area contributed by atoms with Gasteiger partial charge in [-0.2, -0.15) is 0 Å². The molecule has 11 heteroatoms. The molecule has 1 amide bonds. The van der Waals surface area contributed by atoms with Crippen LogP contribution in [0.25, 0.3) is 11.4 Å². The van der Waals surface area contributed by atoms with Crippen LogP contribution in [0.15, 0.2) is 34.8 Å². The number of aromatic nitrogens is 4. The highest BCUT2D eigenvalue weighted by Crippen LogP contribution is 2.26. The summed E-state index contributed by atoms with van der Waals surface area (Å²) < 4.78 is 12.1. The first kappa shape index (κ1) is 22.8. The quantitative estimate of drug-likeness (QED) is 0.362. The number of ether oxygens (including phenoxy) is 2. The van der Waals surface area contributed by atoms with Crippen molar-refractivity contribution in [2.24, 2.45) is 0 Å². The van der Waals surface area contributed by atoms with Gasteiger partial charge < -0.3 is 19.4 Å². The molecular weight excluding hydrogens is 438 g/mol. The molecule has 0 radical (unpaired) electrons. The molecule has 0 aliphatic rings. The third kappa shape index (κ3) is 6.05. The van der Waals surface area contributed by atoms with Crippen LogP contribution in [0.4, 0.5) is 5.13 Å². The number of benzene rings is 1. The van der Waals surface area contributed by atoms with Crippen molar-refractivity contribution in [3.8, 4) is 17.1 Å². The normalized spacial score (nSPS) is 10.7. The lowest BCUT2D eigenvalue weighted by atomic mass is 10.2. The summed E-state index contributed by atoms with van der Waals surface area (Å²) in [6.45, 7) is 4.75. The summed E-state index contributed by atoms with van der Waals surface area (Å²) in [6, 6.07) is 7.59. The predicted molar refractivity (Wildman–Crippen MR) is 119 cm³/mol. The second-order valence-electron chi connectivity index (χ2n) is 6.24. The van der Waals surface area contributed by atoms with Gasteiger partial charge in [0.25, 0.3) is 0 Å². The minimum Gasteiger partial charge on any atom is -0.497 e. The van der Waals surface area contributed by atoms with Crippen molar-refractivity contribution >= 4 is 40.1 Å². The van der Waals surface area contributed by atoms with E-state index in [1.807, 2.05) is 35.8 Å². The molecule has 0 fully saturated rings. The lowest BCUT2D eigenvalue weighted by molar-refractivity contribution is -0.142. The molecule has 0 spiro atoms. The molecule has 0 saturated carbocycles. The van der Waals surface area contributed by atoms with E-state index >= 15 is 0 Å². The summed E-state index contributed by atoms with van der Waals surface area (Å²) in [6.07, 6.45) is 0.0860. The molecule has 164 valence electrons. The van der Waals surface area contributed by atoms with Crippen molar-refractivity contribution in [3.63, 3.8) is 0 Å². The Morgan fingerprint density at radius 1 is 1.19 bits per heavy atom. The molecule has 9 nitrogen and oxygen atoms in total. The van der Waals surface area contributed by atoms with Gasteiger partial charge in [-0.1, -0.05) is 11.8 Å². The lowest BCUT2D eigenvalue weighted by Crippen LogP contribution is -2.15. The second-order valence-corrected chi connectivity index (χ2v) is 8.04. The Kier molecular flexibility index (Phi) is 8.01. The third-order valence-electron chi connectivity index (χ3n) is 4.14. The van der Waals surface area contributed by atoms with Crippen molar-refractivity contribution in [1.29, 1.82) is 0 Å². The van der Waals surface area contributed by atoms with Gasteiger partial charge in [0, 0.05) is 17.5 Å². The molecule has 0 unspecified atom stereocenters. The van der Waals surface area contributed by atoms with Gasteiger partial charge in [-0.05, 0) is 38.1 Å². The van der Waals surface area contributed by atoms with E-state index in [0.717, 1.165) is 17.1 Å². The summed E-state index contributed by atoms with van der Waals surface area (Å²) in [5, 5.41) is 14.1. The number of hydrogen-bond acceptors (Lipinski definition) is 9. The van der Waals surface area contributed by atoms with Crippen LogP contribution < -0.4 is 10.1 Å². The largest absolute Gasteiger partial charge is 0.497 e. The fourth-order valence-electron chi connectivity index (χ4n) is 2.73. The molecule has 0 atom stereocenters. The maximum atomic E-state index is 12.3. The third-order valence-corrected chi connectivity index (χ3v) is 5.92. The zero-order valence-corrected chi connectivity index (χ0v) is 19.1. The van der Waals surface area contributed by atoms with Crippen molar-refractivity contribution in [3.05, 3.63) is 35.3 Å². The molecule has 2 aromatic heterocycles. The number of nitrogens with one attached hydrogen (secondary N) is 1. The fraction of sp³-hybridized carbons (Fsp3) is 0.350. The van der Waals surface area contributed by atoms with Gasteiger partial charge >= 0.3 is 5.97 Å². The van der Waals surface area contributed by atoms with E-state index in [-0.39, 0.29) is 24.1 Å². The smallest absolute Gasteiger partial charge is 0.311 e. The number of rotatable bonds is 10. The average molecular weight is 462 g/mol. The van der Waals surface area contributed by atoms with E-state index in [0.29, 0.717) is 29.1 Å². The molecule has 3 rings (SSSR count). The van der Waals surface area contributed by atoms with E-state index in [9.17, 15) is 9.59 Å². The number of thioether (sulfide) groups is 1. The number of carbonyl (C=O) groups excluding carboxylic acids is 2. The number of anilines is 1. The molecule has 3 aromatic rings. The zero-order chi connectivity index (χ0) is 22.2. The second kappa shape index (κ2) is 10.9. The number of hydrogen-bond donors (Lipinski definition) is 1. The van der Waals surface area contributed by atoms with Gasteiger partial charge in [-0.25, -0.2) is 4.98 Å². The van der Waals surface area contributed by atoms with Crippen LogP contribution in [-0.4, -0.2) is 51.1 Å². The zero-order valence-electron chi connectivity index (χ0n) is 17.5. The summed E-state index contributed by atoms with van der Waals surface area (Å²) in [5.41, 5.74) is 1.49. The number of nitrogens with zero attached hydrogens (tertiary/aromatic N) is 4. The first-order valence-corrected chi connectivity index (χ1v) is 11.5. The predicted octanol–water partition coefficient (Wildman–Crippen LogP) is 3.27. The number of amides is 1. The lowest BCUT2D eigenvalue weighted by Gasteiger charge is -2.08. The number of carbonyl (C=O) groups is 2. The minimum absolute atomic E-state index is 0.0860. The SMILES string of the molecule is CCOC(=O)Cc1csc(NC(=O)CSc2nnc(-c3ccc(OC)cc3)n2CC)n1. The number of thiazole rings is 1. The topological polar surface area (TPSA) is 108 Å². The van der Waals surface area contributed by atoms with Crippen LogP contribution in [0, 0.1) is 0 Å². The summed E-state index contributed by atoms with van der Waals surface area (Å²) >= 11 is 2.57. The van der Waals surface area contributed by atoms with Crippen LogP contribution in [0.3, 0.4) is 0 Å². The van der Waals surface area contributed by atoms with Gasteiger partial charge in [-0.3, -0.25) is 9.59 Å². The maximum Gasteiger partial charge on any atom is 0.311 e. The molecular formula is C20H23N5O4S2.